The zero-order valence-electron chi connectivity index (χ0n) is 11.8. The number of sulfonamides is 1. The van der Waals surface area contributed by atoms with Gasteiger partial charge < -0.3 is 5.32 Å². The Morgan fingerprint density at radius 1 is 1.32 bits per heavy atom. The molecule has 1 atom stereocenters. The second-order valence-corrected chi connectivity index (χ2v) is 9.02. The highest BCUT2D eigenvalue weighted by atomic mass is 32.2. The van der Waals surface area contributed by atoms with Crippen molar-refractivity contribution in [2.45, 2.75) is 55.7 Å². The van der Waals surface area contributed by atoms with Crippen LogP contribution >= 0.6 is 11.8 Å². The van der Waals surface area contributed by atoms with Crippen LogP contribution in [-0.2, 0) is 10.0 Å². The summed E-state index contributed by atoms with van der Waals surface area (Å²) in [5.74, 6) is 0.259. The Hall–Kier alpha value is 0.220. The van der Waals surface area contributed by atoms with Crippen molar-refractivity contribution in [1.29, 1.82) is 0 Å². The Morgan fingerprint density at radius 3 is 2.63 bits per heavy atom. The van der Waals surface area contributed by atoms with Crippen molar-refractivity contribution in [1.82, 2.24) is 10.0 Å². The van der Waals surface area contributed by atoms with Crippen LogP contribution in [0.1, 0.15) is 44.9 Å². The Kier molecular flexibility index (Phi) is 5.57. The van der Waals surface area contributed by atoms with Crippen molar-refractivity contribution in [3.8, 4) is 0 Å². The molecule has 2 N–H and O–H groups in total. The van der Waals surface area contributed by atoms with E-state index in [1.54, 1.807) is 11.8 Å². The van der Waals surface area contributed by atoms with Crippen LogP contribution in [0.2, 0.25) is 0 Å². The molecule has 0 bridgehead atoms. The van der Waals surface area contributed by atoms with Gasteiger partial charge in [0.1, 0.15) is 0 Å². The van der Waals surface area contributed by atoms with Gasteiger partial charge in [-0.25, -0.2) is 13.1 Å². The van der Waals surface area contributed by atoms with E-state index in [0.717, 1.165) is 32.2 Å². The molecule has 1 saturated carbocycles. The predicted octanol–water partition coefficient (Wildman–Crippen LogP) is 1.72. The number of hydrogen-bond acceptors (Lipinski definition) is 4. The van der Waals surface area contributed by atoms with Gasteiger partial charge in [0.15, 0.2) is 0 Å². The molecule has 0 spiro atoms. The lowest BCUT2D eigenvalue weighted by Crippen LogP contribution is -2.46. The first kappa shape index (κ1) is 15.6. The minimum Gasteiger partial charge on any atom is -0.314 e. The topological polar surface area (TPSA) is 58.2 Å². The molecule has 2 rings (SSSR count). The number of nitrogens with one attached hydrogen (secondary N) is 2. The van der Waals surface area contributed by atoms with Crippen molar-refractivity contribution >= 4 is 21.8 Å². The summed E-state index contributed by atoms with van der Waals surface area (Å²) >= 11 is 1.81. The Labute approximate surface area is 121 Å². The molecule has 6 heteroatoms. The SMILES string of the molecule is CSC1(CNS(=O)(=O)CCC2CCCCN2)CCC1. The van der Waals surface area contributed by atoms with Gasteiger partial charge in [-0.2, -0.15) is 11.8 Å². The largest absolute Gasteiger partial charge is 0.314 e. The quantitative estimate of drug-likeness (QED) is 0.752. The Balaban J connectivity index is 1.72. The van der Waals surface area contributed by atoms with Gasteiger partial charge >= 0.3 is 0 Å². The maximum Gasteiger partial charge on any atom is 0.211 e. The molecule has 112 valence electrons. The van der Waals surface area contributed by atoms with E-state index in [-0.39, 0.29) is 10.5 Å². The van der Waals surface area contributed by atoms with E-state index < -0.39 is 10.0 Å². The van der Waals surface area contributed by atoms with Gasteiger partial charge in [-0.15, -0.1) is 0 Å². The van der Waals surface area contributed by atoms with Crippen LogP contribution in [-0.4, -0.2) is 44.3 Å². The first-order chi connectivity index (χ1) is 9.05. The summed E-state index contributed by atoms with van der Waals surface area (Å²) < 4.78 is 27.0. The van der Waals surface area contributed by atoms with Crippen molar-refractivity contribution in [2.24, 2.45) is 0 Å². The van der Waals surface area contributed by atoms with Gasteiger partial charge in [0.05, 0.1) is 5.75 Å². The molecular weight excluding hydrogens is 280 g/mol. The van der Waals surface area contributed by atoms with Crippen LogP contribution in [0, 0.1) is 0 Å². The Bertz CT molecular complexity index is 369. The molecule has 0 aromatic heterocycles. The van der Waals surface area contributed by atoms with Gasteiger partial charge in [0.25, 0.3) is 0 Å². The Morgan fingerprint density at radius 2 is 2.11 bits per heavy atom. The lowest BCUT2D eigenvalue weighted by atomic mass is 9.84. The third-order valence-electron chi connectivity index (χ3n) is 4.46. The summed E-state index contributed by atoms with van der Waals surface area (Å²) in [6.07, 6.45) is 9.89. The number of hydrogen-bond donors (Lipinski definition) is 2. The van der Waals surface area contributed by atoms with Crippen LogP contribution < -0.4 is 10.0 Å². The lowest BCUT2D eigenvalue weighted by Gasteiger charge is -2.40. The molecule has 0 aromatic rings. The van der Waals surface area contributed by atoms with E-state index in [1.165, 1.54) is 19.3 Å². The summed E-state index contributed by atoms with van der Waals surface area (Å²) in [5, 5.41) is 3.40. The summed E-state index contributed by atoms with van der Waals surface area (Å²) in [7, 11) is -3.10. The van der Waals surface area contributed by atoms with Crippen LogP contribution in [0.15, 0.2) is 0 Å². The molecule has 1 saturated heterocycles. The smallest absolute Gasteiger partial charge is 0.211 e. The summed E-state index contributed by atoms with van der Waals surface area (Å²) in [4.78, 5) is 0. The van der Waals surface area contributed by atoms with E-state index in [1.807, 2.05) is 0 Å². The average Bonchev–Trinajstić information content (AvgIpc) is 2.37. The molecule has 0 radical (unpaired) electrons. The zero-order valence-corrected chi connectivity index (χ0v) is 13.4. The second-order valence-electron chi connectivity index (χ2n) is 5.82. The maximum absolute atomic E-state index is 12.0. The standard InChI is InChI=1S/C13H26N2O2S2/c1-18-13(7-4-8-13)11-15-19(16,17)10-6-12-5-2-3-9-14-12/h12,14-15H,2-11H2,1H3. The number of piperidine rings is 1. The zero-order chi connectivity index (χ0) is 13.8. The number of rotatable bonds is 7. The first-order valence-electron chi connectivity index (χ1n) is 7.31. The summed E-state index contributed by atoms with van der Waals surface area (Å²) in [6.45, 7) is 1.64. The fourth-order valence-corrected chi connectivity index (χ4v) is 5.05. The van der Waals surface area contributed by atoms with Gasteiger partial charge in [0, 0.05) is 17.3 Å². The van der Waals surface area contributed by atoms with Crippen molar-refractivity contribution < 1.29 is 8.42 Å². The predicted molar refractivity (Wildman–Crippen MR) is 82.1 cm³/mol. The first-order valence-corrected chi connectivity index (χ1v) is 10.2. The van der Waals surface area contributed by atoms with Crippen molar-refractivity contribution in [2.75, 3.05) is 25.1 Å². The van der Waals surface area contributed by atoms with Crippen molar-refractivity contribution in [3.63, 3.8) is 0 Å². The minimum atomic E-state index is -3.10. The highest BCUT2D eigenvalue weighted by Gasteiger charge is 2.36. The normalized spacial score (nSPS) is 26.9. The summed E-state index contributed by atoms with van der Waals surface area (Å²) in [6, 6.07) is 0.392. The number of thioether (sulfide) groups is 1. The van der Waals surface area contributed by atoms with Gasteiger partial charge in [-0.1, -0.05) is 12.8 Å². The molecule has 1 unspecified atom stereocenters. The minimum absolute atomic E-state index is 0.177. The van der Waals surface area contributed by atoms with Gasteiger partial charge in [0.2, 0.25) is 10.0 Å². The molecule has 1 aliphatic heterocycles. The van der Waals surface area contributed by atoms with Crippen LogP contribution in [0.25, 0.3) is 0 Å². The highest BCUT2D eigenvalue weighted by Crippen LogP contribution is 2.42. The van der Waals surface area contributed by atoms with E-state index in [2.05, 4.69) is 16.3 Å². The van der Waals surface area contributed by atoms with Crippen molar-refractivity contribution in [3.05, 3.63) is 0 Å². The molecule has 1 heterocycles. The molecule has 2 aliphatic rings. The van der Waals surface area contributed by atoms with Gasteiger partial charge in [-0.3, -0.25) is 0 Å². The van der Waals surface area contributed by atoms with E-state index in [4.69, 9.17) is 0 Å². The second kappa shape index (κ2) is 6.78. The van der Waals surface area contributed by atoms with E-state index in [9.17, 15) is 8.42 Å². The van der Waals surface area contributed by atoms with Crippen LogP contribution in [0.3, 0.4) is 0 Å². The highest BCUT2D eigenvalue weighted by molar-refractivity contribution is 8.00. The molecule has 4 nitrogen and oxygen atoms in total. The fourth-order valence-electron chi connectivity index (χ4n) is 2.81. The van der Waals surface area contributed by atoms with E-state index >= 15 is 0 Å². The molecule has 19 heavy (non-hydrogen) atoms. The van der Waals surface area contributed by atoms with Crippen LogP contribution in [0.4, 0.5) is 0 Å². The molecular formula is C13H26N2O2S2. The van der Waals surface area contributed by atoms with E-state index in [0.29, 0.717) is 12.6 Å². The lowest BCUT2D eigenvalue weighted by molar-refractivity contribution is 0.361. The van der Waals surface area contributed by atoms with Gasteiger partial charge in [-0.05, 0) is 44.9 Å². The molecule has 2 fully saturated rings. The molecule has 0 aromatic carbocycles. The third-order valence-corrected chi connectivity index (χ3v) is 7.24. The fraction of sp³-hybridized carbons (Fsp3) is 1.00. The molecule has 1 aliphatic carbocycles. The summed E-state index contributed by atoms with van der Waals surface area (Å²) in [5.41, 5.74) is 0. The maximum atomic E-state index is 12.0. The molecule has 0 amide bonds. The van der Waals surface area contributed by atoms with Crippen LogP contribution in [0.5, 0.6) is 0 Å². The third kappa shape index (κ3) is 4.62. The average molecular weight is 306 g/mol. The monoisotopic (exact) mass is 306 g/mol.